The highest BCUT2D eigenvalue weighted by Gasteiger charge is 2.26. The first-order valence-electron chi connectivity index (χ1n) is 5.97. The predicted molar refractivity (Wildman–Crippen MR) is 76.8 cm³/mol. The highest BCUT2D eigenvalue weighted by atomic mass is 32.2. The molecule has 0 saturated carbocycles. The fourth-order valence-electron chi connectivity index (χ4n) is 2.36. The summed E-state index contributed by atoms with van der Waals surface area (Å²) in [5, 5.41) is 0.970. The second kappa shape index (κ2) is 4.55. The van der Waals surface area contributed by atoms with Gasteiger partial charge < -0.3 is 4.57 Å². The van der Waals surface area contributed by atoms with Gasteiger partial charge >= 0.3 is 0 Å². The second-order valence-electron chi connectivity index (χ2n) is 4.38. The maximum atomic E-state index is 12.1. The van der Waals surface area contributed by atoms with Crippen molar-refractivity contribution in [3.63, 3.8) is 0 Å². The summed E-state index contributed by atoms with van der Waals surface area (Å²) in [7, 11) is 2.00. The fraction of sp³-hybridized carbons (Fsp3) is 0.385. The average Bonchev–Trinajstić information content (AvgIpc) is 2.85. The van der Waals surface area contributed by atoms with Crippen LogP contribution in [-0.2, 0) is 13.5 Å². The van der Waals surface area contributed by atoms with Crippen LogP contribution in [0.1, 0.15) is 28.1 Å². The van der Waals surface area contributed by atoms with Gasteiger partial charge in [0.2, 0.25) is 0 Å². The number of carbonyl (C=O) groups excluding carboxylic acids is 1. The van der Waals surface area contributed by atoms with Crippen molar-refractivity contribution in [3.8, 4) is 0 Å². The fourth-order valence-corrected chi connectivity index (χ4v) is 4.39. The molecule has 94 valence electrons. The zero-order valence-corrected chi connectivity index (χ0v) is 11.9. The van der Waals surface area contributed by atoms with Gasteiger partial charge in [-0.25, -0.2) is 4.98 Å². The highest BCUT2D eigenvalue weighted by Crippen LogP contribution is 2.37. The minimum absolute atomic E-state index is 0.283. The molecule has 2 aromatic rings. The molecular weight excluding hydrogens is 264 g/mol. The number of carbonyl (C=O) groups is 1. The van der Waals surface area contributed by atoms with E-state index in [1.165, 1.54) is 4.88 Å². The molecule has 0 saturated heterocycles. The molecule has 5 heteroatoms. The number of imidazole rings is 1. The molecule has 0 N–H and O–H groups in total. The zero-order valence-electron chi connectivity index (χ0n) is 10.2. The molecule has 0 fully saturated rings. The third-order valence-electron chi connectivity index (χ3n) is 3.17. The number of Topliss-reactive ketones (excluding diaryl/α,β-unsaturated/α-hetero) is 1. The van der Waals surface area contributed by atoms with Crippen molar-refractivity contribution in [2.45, 2.75) is 24.4 Å². The number of thiophene rings is 1. The first kappa shape index (κ1) is 12.0. The maximum Gasteiger partial charge on any atom is 0.170 e. The smallest absolute Gasteiger partial charge is 0.170 e. The van der Waals surface area contributed by atoms with Gasteiger partial charge in [-0.3, -0.25) is 4.79 Å². The Morgan fingerprint density at radius 1 is 1.56 bits per heavy atom. The first-order valence-corrected chi connectivity index (χ1v) is 7.77. The molecule has 0 amide bonds. The van der Waals surface area contributed by atoms with Gasteiger partial charge in [0.05, 0.1) is 11.1 Å². The minimum Gasteiger partial charge on any atom is -0.321 e. The molecule has 0 aromatic carbocycles. The molecule has 0 bridgehead atoms. The Labute approximate surface area is 114 Å². The summed E-state index contributed by atoms with van der Waals surface area (Å²) in [6, 6.07) is 0. The number of nitrogens with zero attached hydrogens (tertiary/aromatic N) is 2. The van der Waals surface area contributed by atoms with Gasteiger partial charge in [0.15, 0.2) is 10.9 Å². The van der Waals surface area contributed by atoms with Crippen molar-refractivity contribution < 1.29 is 4.79 Å². The SMILES string of the molecule is C=CCSc1nc2sc3c(c2n1C)C(=O)CCC3. The zero-order chi connectivity index (χ0) is 12.7. The van der Waals surface area contributed by atoms with E-state index in [1.54, 1.807) is 23.1 Å². The van der Waals surface area contributed by atoms with Gasteiger partial charge in [0.25, 0.3) is 0 Å². The van der Waals surface area contributed by atoms with Crippen LogP contribution in [0.3, 0.4) is 0 Å². The van der Waals surface area contributed by atoms with Gasteiger partial charge in [-0.05, 0) is 12.8 Å². The van der Waals surface area contributed by atoms with Gasteiger partial charge in [-0.15, -0.1) is 17.9 Å². The number of fused-ring (bicyclic) bond motifs is 3. The van der Waals surface area contributed by atoms with Gasteiger partial charge in [0, 0.05) is 24.1 Å². The van der Waals surface area contributed by atoms with Crippen LogP contribution in [0.15, 0.2) is 17.8 Å². The molecule has 0 spiro atoms. The lowest BCUT2D eigenvalue weighted by Crippen LogP contribution is -2.09. The summed E-state index contributed by atoms with van der Waals surface area (Å²) in [4.78, 5) is 18.9. The number of thioether (sulfide) groups is 1. The van der Waals surface area contributed by atoms with E-state index in [1.807, 2.05) is 13.1 Å². The third-order valence-corrected chi connectivity index (χ3v) is 5.33. The van der Waals surface area contributed by atoms with Crippen LogP contribution in [0.25, 0.3) is 10.3 Å². The molecule has 0 radical (unpaired) electrons. The molecule has 2 heterocycles. The summed E-state index contributed by atoms with van der Waals surface area (Å²) >= 11 is 3.34. The molecule has 3 nitrogen and oxygen atoms in total. The normalized spacial score (nSPS) is 15.1. The van der Waals surface area contributed by atoms with E-state index in [2.05, 4.69) is 16.1 Å². The number of hydrogen-bond acceptors (Lipinski definition) is 4. The third kappa shape index (κ3) is 1.73. The Bertz CT molecular complexity index is 639. The molecule has 0 aliphatic heterocycles. The van der Waals surface area contributed by atoms with Crippen molar-refractivity contribution in [2.24, 2.45) is 7.05 Å². The molecule has 3 rings (SSSR count). The Morgan fingerprint density at radius 2 is 2.39 bits per heavy atom. The number of hydrogen-bond donors (Lipinski definition) is 0. The standard InChI is InChI=1S/C13H14N2OS2/c1-3-7-17-13-14-12-11(15(13)2)10-8(16)5-4-6-9(10)18-12/h3H,1,4-7H2,2H3. The summed E-state index contributed by atoms with van der Waals surface area (Å²) in [5.74, 6) is 1.12. The number of aryl methyl sites for hydroxylation is 2. The lowest BCUT2D eigenvalue weighted by molar-refractivity contribution is 0.0975. The molecule has 18 heavy (non-hydrogen) atoms. The summed E-state index contributed by atoms with van der Waals surface area (Å²) < 4.78 is 2.06. The van der Waals surface area contributed by atoms with E-state index in [-0.39, 0.29) is 5.78 Å². The van der Waals surface area contributed by atoms with Gasteiger partial charge in [0.1, 0.15) is 4.83 Å². The molecule has 0 atom stereocenters. The van der Waals surface area contributed by atoms with Crippen LogP contribution in [0.5, 0.6) is 0 Å². The van der Waals surface area contributed by atoms with E-state index in [4.69, 9.17) is 0 Å². The second-order valence-corrected chi connectivity index (χ2v) is 6.45. The van der Waals surface area contributed by atoms with E-state index < -0.39 is 0 Å². The van der Waals surface area contributed by atoms with Gasteiger partial charge in [-0.1, -0.05) is 17.8 Å². The van der Waals surface area contributed by atoms with E-state index in [0.717, 1.165) is 39.7 Å². The summed E-state index contributed by atoms with van der Waals surface area (Å²) in [5.41, 5.74) is 1.97. The average molecular weight is 278 g/mol. The first-order chi connectivity index (χ1) is 8.72. The maximum absolute atomic E-state index is 12.1. The topological polar surface area (TPSA) is 34.9 Å². The predicted octanol–water partition coefficient (Wildman–Crippen LogP) is 3.43. The van der Waals surface area contributed by atoms with Crippen LogP contribution in [-0.4, -0.2) is 21.1 Å². The van der Waals surface area contributed by atoms with E-state index in [0.29, 0.717) is 6.42 Å². The number of ketones is 1. The van der Waals surface area contributed by atoms with Crippen LogP contribution in [0.2, 0.25) is 0 Å². The highest BCUT2D eigenvalue weighted by molar-refractivity contribution is 7.99. The Morgan fingerprint density at radius 3 is 3.17 bits per heavy atom. The quantitative estimate of drug-likeness (QED) is 0.637. The van der Waals surface area contributed by atoms with Crippen molar-refractivity contribution in [2.75, 3.05) is 5.75 Å². The number of aromatic nitrogens is 2. The number of rotatable bonds is 3. The van der Waals surface area contributed by atoms with Gasteiger partial charge in [-0.2, -0.15) is 0 Å². The Hall–Kier alpha value is -1.07. The Balaban J connectivity index is 2.15. The van der Waals surface area contributed by atoms with E-state index in [9.17, 15) is 4.79 Å². The summed E-state index contributed by atoms with van der Waals surface area (Å²) in [6.45, 7) is 3.72. The summed E-state index contributed by atoms with van der Waals surface area (Å²) in [6.07, 6.45) is 4.56. The van der Waals surface area contributed by atoms with Crippen LogP contribution in [0.4, 0.5) is 0 Å². The van der Waals surface area contributed by atoms with Crippen molar-refractivity contribution in [3.05, 3.63) is 23.1 Å². The monoisotopic (exact) mass is 278 g/mol. The Kier molecular flexibility index (Phi) is 3.03. The van der Waals surface area contributed by atoms with E-state index >= 15 is 0 Å². The molecular formula is C13H14N2OS2. The molecule has 0 unspecified atom stereocenters. The largest absolute Gasteiger partial charge is 0.321 e. The van der Waals surface area contributed by atoms with Crippen molar-refractivity contribution in [1.82, 2.24) is 9.55 Å². The lowest BCUT2D eigenvalue weighted by atomic mass is 9.97. The van der Waals surface area contributed by atoms with Crippen molar-refractivity contribution >= 4 is 39.2 Å². The van der Waals surface area contributed by atoms with Crippen LogP contribution < -0.4 is 0 Å². The lowest BCUT2D eigenvalue weighted by Gasteiger charge is -2.10. The molecule has 1 aliphatic rings. The van der Waals surface area contributed by atoms with Crippen LogP contribution >= 0.6 is 23.1 Å². The van der Waals surface area contributed by atoms with Crippen LogP contribution in [0, 0.1) is 0 Å². The molecule has 1 aliphatic carbocycles. The minimum atomic E-state index is 0.283. The molecule has 2 aromatic heterocycles. The van der Waals surface area contributed by atoms with Crippen molar-refractivity contribution in [1.29, 1.82) is 0 Å².